The standard InChI is InChI=1S/C9H10BrN3OS/c1-6-8(10)2-7(15-6)3-11-4-9-12-5-14-13-9/h2,5,11H,3-4H2,1H3. The van der Waals surface area contributed by atoms with Crippen LogP contribution >= 0.6 is 27.3 Å². The summed E-state index contributed by atoms with van der Waals surface area (Å²) in [5.74, 6) is 0.683. The molecule has 0 spiro atoms. The summed E-state index contributed by atoms with van der Waals surface area (Å²) in [6.45, 7) is 3.55. The zero-order chi connectivity index (χ0) is 10.7. The zero-order valence-electron chi connectivity index (χ0n) is 8.16. The molecule has 0 aliphatic carbocycles. The highest BCUT2D eigenvalue weighted by atomic mass is 79.9. The summed E-state index contributed by atoms with van der Waals surface area (Å²) < 4.78 is 5.80. The van der Waals surface area contributed by atoms with Crippen molar-refractivity contribution >= 4 is 27.3 Å². The molecule has 15 heavy (non-hydrogen) atoms. The molecular weight excluding hydrogens is 278 g/mol. The molecule has 0 saturated heterocycles. The predicted octanol–water partition coefficient (Wildman–Crippen LogP) is 2.49. The van der Waals surface area contributed by atoms with E-state index < -0.39 is 0 Å². The average Bonchev–Trinajstić information content (AvgIpc) is 2.79. The second-order valence-electron chi connectivity index (χ2n) is 3.07. The Balaban J connectivity index is 1.83. The average molecular weight is 288 g/mol. The second-order valence-corrected chi connectivity index (χ2v) is 5.26. The Hall–Kier alpha value is -0.720. The third-order valence-corrected chi connectivity index (χ3v) is 4.03. The van der Waals surface area contributed by atoms with Crippen molar-refractivity contribution in [2.75, 3.05) is 0 Å². The molecule has 0 amide bonds. The lowest BCUT2D eigenvalue weighted by Gasteiger charge is -1.97. The van der Waals surface area contributed by atoms with Crippen LogP contribution in [-0.4, -0.2) is 10.1 Å². The molecule has 2 heterocycles. The van der Waals surface area contributed by atoms with Gasteiger partial charge < -0.3 is 9.84 Å². The van der Waals surface area contributed by atoms with E-state index in [1.165, 1.54) is 20.6 Å². The Morgan fingerprint density at radius 1 is 1.53 bits per heavy atom. The highest BCUT2D eigenvalue weighted by Gasteiger charge is 2.03. The molecular formula is C9H10BrN3OS. The first-order chi connectivity index (χ1) is 7.25. The molecule has 0 radical (unpaired) electrons. The third kappa shape index (κ3) is 2.87. The van der Waals surface area contributed by atoms with Gasteiger partial charge >= 0.3 is 0 Å². The van der Waals surface area contributed by atoms with Crippen LogP contribution in [0.3, 0.4) is 0 Å². The SMILES string of the molecule is Cc1sc(CNCc2ncon2)cc1Br. The summed E-state index contributed by atoms with van der Waals surface area (Å²) in [7, 11) is 0. The van der Waals surface area contributed by atoms with Gasteiger partial charge in [-0.1, -0.05) is 5.16 Å². The van der Waals surface area contributed by atoms with E-state index in [9.17, 15) is 0 Å². The molecule has 0 aliphatic rings. The number of aryl methyl sites for hydroxylation is 1. The predicted molar refractivity (Wildman–Crippen MR) is 61.6 cm³/mol. The number of rotatable bonds is 4. The van der Waals surface area contributed by atoms with Crippen molar-refractivity contribution < 1.29 is 4.52 Å². The third-order valence-electron chi connectivity index (χ3n) is 1.90. The summed E-state index contributed by atoms with van der Waals surface area (Å²) in [4.78, 5) is 6.52. The quantitative estimate of drug-likeness (QED) is 0.939. The molecule has 0 unspecified atom stereocenters. The molecule has 2 aromatic heterocycles. The number of nitrogens with one attached hydrogen (secondary N) is 1. The Bertz CT molecular complexity index is 407. The number of thiophene rings is 1. The number of aromatic nitrogens is 2. The molecule has 6 heteroatoms. The van der Waals surface area contributed by atoms with Gasteiger partial charge in [-0.15, -0.1) is 11.3 Å². The van der Waals surface area contributed by atoms with E-state index in [2.05, 4.69) is 48.9 Å². The lowest BCUT2D eigenvalue weighted by Crippen LogP contribution is -2.12. The maximum atomic E-state index is 4.63. The van der Waals surface area contributed by atoms with E-state index in [4.69, 9.17) is 0 Å². The summed E-state index contributed by atoms with van der Waals surface area (Å²) in [6, 6.07) is 2.13. The van der Waals surface area contributed by atoms with Crippen molar-refractivity contribution in [1.29, 1.82) is 0 Å². The minimum absolute atomic E-state index is 0.630. The van der Waals surface area contributed by atoms with Gasteiger partial charge in [0.15, 0.2) is 5.82 Å². The van der Waals surface area contributed by atoms with Crippen LogP contribution in [0.15, 0.2) is 21.5 Å². The van der Waals surface area contributed by atoms with Crippen molar-refractivity contribution in [2.24, 2.45) is 0 Å². The molecule has 1 N–H and O–H groups in total. The summed E-state index contributed by atoms with van der Waals surface area (Å²) in [5.41, 5.74) is 0. The fourth-order valence-corrected chi connectivity index (χ4v) is 2.74. The Morgan fingerprint density at radius 2 is 2.40 bits per heavy atom. The molecule has 0 saturated carbocycles. The molecule has 0 aliphatic heterocycles. The van der Waals surface area contributed by atoms with Crippen molar-refractivity contribution in [1.82, 2.24) is 15.5 Å². The molecule has 0 fully saturated rings. The smallest absolute Gasteiger partial charge is 0.213 e. The van der Waals surface area contributed by atoms with Crippen LogP contribution in [0.2, 0.25) is 0 Å². The molecule has 0 aromatic carbocycles. The molecule has 4 nitrogen and oxygen atoms in total. The van der Waals surface area contributed by atoms with Gasteiger partial charge in [0.25, 0.3) is 0 Å². The highest BCUT2D eigenvalue weighted by Crippen LogP contribution is 2.26. The number of hydrogen-bond acceptors (Lipinski definition) is 5. The molecule has 2 aromatic rings. The first-order valence-corrected chi connectivity index (χ1v) is 6.07. The minimum Gasteiger partial charge on any atom is -0.343 e. The van der Waals surface area contributed by atoms with E-state index in [-0.39, 0.29) is 0 Å². The van der Waals surface area contributed by atoms with Crippen molar-refractivity contribution in [3.05, 3.63) is 32.5 Å². The van der Waals surface area contributed by atoms with E-state index >= 15 is 0 Å². The lowest BCUT2D eigenvalue weighted by atomic mass is 10.4. The van der Waals surface area contributed by atoms with E-state index in [0.29, 0.717) is 12.4 Å². The molecule has 2 rings (SSSR count). The minimum atomic E-state index is 0.630. The summed E-state index contributed by atoms with van der Waals surface area (Å²) in [5, 5.41) is 6.96. The van der Waals surface area contributed by atoms with Gasteiger partial charge in [-0.3, -0.25) is 0 Å². The van der Waals surface area contributed by atoms with Gasteiger partial charge in [-0.25, -0.2) is 0 Å². The Labute approximate surface area is 99.8 Å². The van der Waals surface area contributed by atoms with Crippen LogP contribution in [0, 0.1) is 6.92 Å². The van der Waals surface area contributed by atoms with Gasteiger partial charge in [0.1, 0.15) is 0 Å². The largest absolute Gasteiger partial charge is 0.343 e. The lowest BCUT2D eigenvalue weighted by molar-refractivity contribution is 0.407. The van der Waals surface area contributed by atoms with Crippen LogP contribution in [0.5, 0.6) is 0 Å². The van der Waals surface area contributed by atoms with Gasteiger partial charge in [-0.2, -0.15) is 4.98 Å². The van der Waals surface area contributed by atoms with Gasteiger partial charge in [0, 0.05) is 20.8 Å². The topological polar surface area (TPSA) is 51.0 Å². The molecule has 80 valence electrons. The van der Waals surface area contributed by atoms with Gasteiger partial charge in [0.05, 0.1) is 6.54 Å². The maximum absolute atomic E-state index is 4.63. The first kappa shape index (κ1) is 10.8. The number of nitrogens with zero attached hydrogens (tertiary/aromatic N) is 2. The van der Waals surface area contributed by atoms with Gasteiger partial charge in [0.2, 0.25) is 6.39 Å². The van der Waals surface area contributed by atoms with E-state index in [0.717, 1.165) is 6.54 Å². The summed E-state index contributed by atoms with van der Waals surface area (Å²) >= 11 is 5.27. The Kier molecular flexibility index (Phi) is 3.50. The van der Waals surface area contributed by atoms with Crippen LogP contribution in [-0.2, 0) is 13.1 Å². The van der Waals surface area contributed by atoms with Crippen molar-refractivity contribution in [3.63, 3.8) is 0 Å². The van der Waals surface area contributed by atoms with Crippen LogP contribution in [0.4, 0.5) is 0 Å². The maximum Gasteiger partial charge on any atom is 0.213 e. The first-order valence-electron chi connectivity index (χ1n) is 4.46. The van der Waals surface area contributed by atoms with Crippen LogP contribution in [0.1, 0.15) is 15.6 Å². The zero-order valence-corrected chi connectivity index (χ0v) is 10.6. The number of hydrogen-bond donors (Lipinski definition) is 1. The fraction of sp³-hybridized carbons (Fsp3) is 0.333. The fourth-order valence-electron chi connectivity index (χ4n) is 1.17. The monoisotopic (exact) mass is 287 g/mol. The van der Waals surface area contributed by atoms with E-state index in [1.54, 1.807) is 11.3 Å². The van der Waals surface area contributed by atoms with Gasteiger partial charge in [-0.05, 0) is 28.9 Å². The molecule has 0 bridgehead atoms. The van der Waals surface area contributed by atoms with Crippen molar-refractivity contribution in [2.45, 2.75) is 20.0 Å². The highest BCUT2D eigenvalue weighted by molar-refractivity contribution is 9.10. The van der Waals surface area contributed by atoms with E-state index in [1.807, 2.05) is 0 Å². The van der Waals surface area contributed by atoms with Crippen LogP contribution < -0.4 is 5.32 Å². The Morgan fingerprint density at radius 3 is 3.00 bits per heavy atom. The summed E-state index contributed by atoms with van der Waals surface area (Å²) in [6.07, 6.45) is 1.34. The van der Waals surface area contributed by atoms with Crippen molar-refractivity contribution in [3.8, 4) is 0 Å². The number of halogens is 1. The van der Waals surface area contributed by atoms with Crippen LogP contribution in [0.25, 0.3) is 0 Å². The second kappa shape index (κ2) is 4.87. The molecule has 0 atom stereocenters. The normalized spacial score (nSPS) is 10.8.